The van der Waals surface area contributed by atoms with Gasteiger partial charge < -0.3 is 15.5 Å². The van der Waals surface area contributed by atoms with Crippen molar-refractivity contribution in [2.45, 2.75) is 0 Å². The van der Waals surface area contributed by atoms with Crippen molar-refractivity contribution in [3.63, 3.8) is 0 Å². The van der Waals surface area contributed by atoms with Gasteiger partial charge in [-0.3, -0.25) is 15.0 Å². The number of nitrogens with zero attached hydrogens (tertiary/aromatic N) is 2. The molecule has 0 fully saturated rings. The molecule has 1 heterocycles. The Kier molecular flexibility index (Phi) is 6.94. The molecule has 32 heavy (non-hydrogen) atoms. The molecule has 2 amide bonds. The second-order valence-corrected chi connectivity index (χ2v) is 7.82. The predicted molar refractivity (Wildman–Crippen MR) is 121 cm³/mol. The molecule has 0 aliphatic rings. The summed E-state index contributed by atoms with van der Waals surface area (Å²) in [5.41, 5.74) is 0.342. The summed E-state index contributed by atoms with van der Waals surface area (Å²) in [4.78, 5) is 30.9. The third-order valence-corrected chi connectivity index (χ3v) is 4.86. The first-order chi connectivity index (χ1) is 15.2. The van der Waals surface area contributed by atoms with E-state index >= 15 is 0 Å². The summed E-state index contributed by atoms with van der Waals surface area (Å²) in [7, 11) is 3.45. The van der Waals surface area contributed by atoms with Crippen LogP contribution in [0.15, 0.2) is 59.2 Å². The molecule has 3 aromatic rings. The zero-order chi connectivity index (χ0) is 23.4. The van der Waals surface area contributed by atoms with Crippen LogP contribution in [0.1, 0.15) is 26.3 Å². The van der Waals surface area contributed by atoms with Crippen molar-refractivity contribution in [2.75, 3.05) is 24.7 Å². The van der Waals surface area contributed by atoms with Gasteiger partial charge in [-0.05, 0) is 46.3 Å². The van der Waals surface area contributed by atoms with E-state index in [9.17, 15) is 18.4 Å². The summed E-state index contributed by atoms with van der Waals surface area (Å²) in [5.74, 6) is -3.40. The average molecular weight is 502 g/mol. The number of aromatic nitrogens is 1. The van der Waals surface area contributed by atoms with Gasteiger partial charge in [-0.15, -0.1) is 0 Å². The number of hydrogen-bond donors (Lipinski definition) is 3. The maximum absolute atomic E-state index is 13.9. The normalized spacial score (nSPS) is 10.4. The minimum Gasteiger partial charge on any atom is -0.363 e. The van der Waals surface area contributed by atoms with Gasteiger partial charge in [-0.25, -0.2) is 13.8 Å². The number of amides is 2. The van der Waals surface area contributed by atoms with E-state index in [1.807, 2.05) is 0 Å². The van der Waals surface area contributed by atoms with Crippen molar-refractivity contribution in [2.24, 2.45) is 0 Å². The van der Waals surface area contributed by atoms with Crippen LogP contribution in [0, 0.1) is 17.0 Å². The second kappa shape index (κ2) is 9.65. The number of nitrogens with one attached hydrogen (secondary N) is 3. The monoisotopic (exact) mass is 501 g/mol. The fourth-order valence-electron chi connectivity index (χ4n) is 2.70. The van der Waals surface area contributed by atoms with Gasteiger partial charge in [0.2, 0.25) is 0 Å². The molecule has 3 N–H and O–H groups in total. The average Bonchev–Trinajstić information content (AvgIpc) is 2.77. The second-order valence-electron chi connectivity index (χ2n) is 6.90. The Morgan fingerprint density at radius 1 is 0.938 bits per heavy atom. The summed E-state index contributed by atoms with van der Waals surface area (Å²) in [6.07, 6.45) is 1.46. The van der Waals surface area contributed by atoms with Crippen molar-refractivity contribution < 1.29 is 18.4 Å². The van der Waals surface area contributed by atoms with Gasteiger partial charge in [0.1, 0.15) is 11.7 Å². The summed E-state index contributed by atoms with van der Waals surface area (Å²) in [5, 5.41) is 12.9. The Morgan fingerprint density at radius 3 is 2.16 bits per heavy atom. The first-order valence-corrected chi connectivity index (χ1v) is 10.0. The molecule has 0 spiro atoms. The van der Waals surface area contributed by atoms with E-state index in [0.29, 0.717) is 16.1 Å². The minimum absolute atomic E-state index is 0.194. The van der Waals surface area contributed by atoms with E-state index in [4.69, 9.17) is 5.41 Å². The van der Waals surface area contributed by atoms with E-state index in [0.717, 1.165) is 6.07 Å². The predicted octanol–water partition coefficient (Wildman–Crippen LogP) is 4.51. The van der Waals surface area contributed by atoms with Crippen LogP contribution in [0.25, 0.3) is 0 Å². The molecule has 0 aliphatic carbocycles. The lowest BCUT2D eigenvalue weighted by atomic mass is 10.1. The Labute approximate surface area is 191 Å². The van der Waals surface area contributed by atoms with Crippen LogP contribution in [-0.2, 0) is 0 Å². The van der Waals surface area contributed by atoms with Gasteiger partial charge in [0.05, 0.1) is 11.3 Å². The SMILES string of the molecule is CN(C)C(=N)c1ccc(C(=O)Nc2cc(F)c(F)cc2C(=O)Nc2ccc(Br)cn2)cc1. The van der Waals surface area contributed by atoms with Gasteiger partial charge >= 0.3 is 0 Å². The number of benzene rings is 2. The molecule has 164 valence electrons. The van der Waals surface area contributed by atoms with Gasteiger partial charge in [0, 0.05) is 42.0 Å². The number of carbonyl (C=O) groups excluding carboxylic acids is 2. The van der Waals surface area contributed by atoms with Crippen molar-refractivity contribution in [3.8, 4) is 0 Å². The Hall–Kier alpha value is -3.66. The maximum Gasteiger partial charge on any atom is 0.259 e. The Morgan fingerprint density at radius 2 is 1.56 bits per heavy atom. The number of anilines is 2. The van der Waals surface area contributed by atoms with E-state index in [-0.39, 0.29) is 28.5 Å². The largest absolute Gasteiger partial charge is 0.363 e. The zero-order valence-electron chi connectivity index (χ0n) is 17.0. The molecule has 0 unspecified atom stereocenters. The number of halogens is 3. The molecule has 0 atom stereocenters. The Bertz CT molecular complexity index is 1180. The molecule has 0 saturated carbocycles. The van der Waals surface area contributed by atoms with Crippen LogP contribution in [-0.4, -0.2) is 41.6 Å². The van der Waals surface area contributed by atoms with Crippen molar-refractivity contribution in [1.82, 2.24) is 9.88 Å². The number of hydrogen-bond acceptors (Lipinski definition) is 4. The third-order valence-electron chi connectivity index (χ3n) is 4.39. The van der Waals surface area contributed by atoms with Crippen LogP contribution in [0.4, 0.5) is 20.3 Å². The molecule has 0 radical (unpaired) electrons. The zero-order valence-corrected chi connectivity index (χ0v) is 18.6. The number of rotatable bonds is 5. The fourth-order valence-corrected chi connectivity index (χ4v) is 2.94. The van der Waals surface area contributed by atoms with Crippen LogP contribution in [0.3, 0.4) is 0 Å². The summed E-state index contributed by atoms with van der Waals surface area (Å²) < 4.78 is 28.4. The summed E-state index contributed by atoms with van der Waals surface area (Å²) >= 11 is 3.23. The highest BCUT2D eigenvalue weighted by Crippen LogP contribution is 2.23. The van der Waals surface area contributed by atoms with E-state index in [1.165, 1.54) is 24.4 Å². The molecule has 0 saturated heterocycles. The van der Waals surface area contributed by atoms with Gasteiger partial charge in [-0.2, -0.15) is 0 Å². The van der Waals surface area contributed by atoms with Crippen LogP contribution < -0.4 is 10.6 Å². The molecule has 2 aromatic carbocycles. The highest BCUT2D eigenvalue weighted by molar-refractivity contribution is 9.10. The maximum atomic E-state index is 13.9. The minimum atomic E-state index is -1.23. The van der Waals surface area contributed by atoms with Gasteiger partial charge in [-0.1, -0.05) is 12.1 Å². The molecule has 0 bridgehead atoms. The van der Waals surface area contributed by atoms with Gasteiger partial charge in [0.25, 0.3) is 11.8 Å². The highest BCUT2D eigenvalue weighted by atomic mass is 79.9. The van der Waals surface area contributed by atoms with E-state index in [2.05, 4.69) is 31.5 Å². The van der Waals surface area contributed by atoms with Crippen molar-refractivity contribution >= 4 is 45.1 Å². The molecular formula is C22H18BrF2N5O2. The van der Waals surface area contributed by atoms with Gasteiger partial charge in [0.15, 0.2) is 11.6 Å². The first-order valence-electron chi connectivity index (χ1n) is 9.25. The smallest absolute Gasteiger partial charge is 0.259 e. The van der Waals surface area contributed by atoms with E-state index < -0.39 is 23.4 Å². The third kappa shape index (κ3) is 5.33. The molecular weight excluding hydrogens is 484 g/mol. The quantitative estimate of drug-likeness (QED) is 0.353. The fraction of sp³-hybridized carbons (Fsp3) is 0.0909. The molecule has 1 aromatic heterocycles. The first kappa shape index (κ1) is 23.0. The summed E-state index contributed by atoms with van der Waals surface area (Å²) in [6.45, 7) is 0. The standard InChI is InChI=1S/C22H18BrF2N5O2/c1-30(2)20(26)12-3-5-13(6-4-12)21(31)28-18-10-17(25)16(24)9-15(18)22(32)29-19-8-7-14(23)11-27-19/h3-11,26H,1-2H3,(H,28,31)(H,27,29,32). The molecule has 0 aliphatic heterocycles. The lowest BCUT2D eigenvalue weighted by Crippen LogP contribution is -2.22. The number of amidine groups is 1. The number of carbonyl (C=O) groups is 2. The summed E-state index contributed by atoms with van der Waals surface area (Å²) in [6, 6.07) is 10.8. The van der Waals surface area contributed by atoms with E-state index in [1.54, 1.807) is 37.2 Å². The Balaban J connectivity index is 1.84. The van der Waals surface area contributed by atoms with Crippen LogP contribution in [0.2, 0.25) is 0 Å². The lowest BCUT2D eigenvalue weighted by Gasteiger charge is -2.14. The molecule has 3 rings (SSSR count). The van der Waals surface area contributed by atoms with Crippen LogP contribution >= 0.6 is 15.9 Å². The number of pyridine rings is 1. The topological polar surface area (TPSA) is 98.2 Å². The van der Waals surface area contributed by atoms with Crippen LogP contribution in [0.5, 0.6) is 0 Å². The lowest BCUT2D eigenvalue weighted by molar-refractivity contribution is 0.102. The van der Waals surface area contributed by atoms with Crippen molar-refractivity contribution in [1.29, 1.82) is 5.41 Å². The molecule has 7 nitrogen and oxygen atoms in total. The highest BCUT2D eigenvalue weighted by Gasteiger charge is 2.19. The molecule has 10 heteroatoms. The van der Waals surface area contributed by atoms with Crippen molar-refractivity contribution in [3.05, 3.63) is 87.5 Å².